The topological polar surface area (TPSA) is 66.4 Å². The molecule has 4 aromatic rings. The third-order valence-corrected chi connectivity index (χ3v) is 5.93. The summed E-state index contributed by atoms with van der Waals surface area (Å²) in [6.45, 7) is 0. The molecule has 0 spiro atoms. The van der Waals surface area contributed by atoms with Crippen LogP contribution in [-0.2, 0) is 11.2 Å². The lowest BCUT2D eigenvalue weighted by Gasteiger charge is -2.18. The van der Waals surface area contributed by atoms with Crippen LogP contribution in [0.4, 0.5) is 0 Å². The Kier molecular flexibility index (Phi) is 5.88. The molecule has 0 unspecified atom stereocenters. The van der Waals surface area contributed by atoms with Crippen LogP contribution in [0.5, 0.6) is 0 Å². The lowest BCUT2D eigenvalue weighted by molar-refractivity contribution is -0.139. The van der Waals surface area contributed by atoms with Crippen molar-refractivity contribution in [2.24, 2.45) is 0 Å². The Morgan fingerprint density at radius 2 is 1.37 bits per heavy atom. The summed E-state index contributed by atoms with van der Waals surface area (Å²) in [5, 5.41) is 16.6. The minimum absolute atomic E-state index is 0.179. The van der Waals surface area contributed by atoms with Crippen molar-refractivity contribution < 1.29 is 14.7 Å². The molecule has 6 heteroatoms. The van der Waals surface area contributed by atoms with Crippen LogP contribution in [0.2, 0.25) is 0 Å². The van der Waals surface area contributed by atoms with Crippen LogP contribution >= 0.6 is 31.9 Å². The van der Waals surface area contributed by atoms with Gasteiger partial charge in [0, 0.05) is 20.9 Å². The minimum atomic E-state index is -1.07. The van der Waals surface area contributed by atoms with Crippen molar-refractivity contribution in [3.8, 4) is 0 Å². The number of carbonyl (C=O) groups excluding carboxylic acids is 1. The summed E-state index contributed by atoms with van der Waals surface area (Å²) in [4.78, 5) is 24.8. The van der Waals surface area contributed by atoms with Crippen LogP contribution in [0, 0.1) is 0 Å². The number of hydrogen-bond donors (Lipinski definition) is 2. The van der Waals surface area contributed by atoms with Crippen molar-refractivity contribution >= 4 is 65.3 Å². The number of nitrogens with one attached hydrogen (secondary N) is 1. The average Bonchev–Trinajstić information content (AvgIpc) is 2.72. The standard InChI is InChI=1S/C24H17Br2NO3/c25-17-10-16(11-18(26)12-17)23(28)27-22(24(29)30)13-21-19-7-3-1-5-14(19)9-15-6-2-4-8-20(15)21/h1-12,22H,13H2,(H,27,28)(H,29,30)/t22-/m0/s1. The Labute approximate surface area is 190 Å². The van der Waals surface area contributed by atoms with E-state index in [0.29, 0.717) is 5.56 Å². The van der Waals surface area contributed by atoms with Crippen molar-refractivity contribution in [1.82, 2.24) is 5.32 Å². The third-order valence-electron chi connectivity index (χ3n) is 5.02. The zero-order valence-electron chi connectivity index (χ0n) is 15.7. The number of halogens is 2. The fourth-order valence-corrected chi connectivity index (χ4v) is 4.95. The molecule has 0 radical (unpaired) electrons. The maximum atomic E-state index is 12.8. The first-order chi connectivity index (χ1) is 14.4. The molecule has 0 saturated carbocycles. The molecule has 0 fully saturated rings. The van der Waals surface area contributed by atoms with Gasteiger partial charge in [-0.25, -0.2) is 4.79 Å². The molecular formula is C24H17Br2NO3. The van der Waals surface area contributed by atoms with E-state index >= 15 is 0 Å². The van der Waals surface area contributed by atoms with E-state index in [2.05, 4.69) is 43.2 Å². The second-order valence-electron chi connectivity index (χ2n) is 7.02. The number of benzene rings is 4. The molecular weight excluding hydrogens is 510 g/mol. The Balaban J connectivity index is 1.73. The zero-order chi connectivity index (χ0) is 21.3. The number of hydrogen-bond acceptors (Lipinski definition) is 2. The molecule has 0 heterocycles. The Morgan fingerprint density at radius 3 is 1.90 bits per heavy atom. The molecule has 0 aliphatic carbocycles. The number of carboxylic acids is 1. The highest BCUT2D eigenvalue weighted by molar-refractivity contribution is 9.11. The van der Waals surface area contributed by atoms with Gasteiger partial charge in [-0.15, -0.1) is 0 Å². The molecule has 1 amide bonds. The van der Waals surface area contributed by atoms with E-state index in [-0.39, 0.29) is 6.42 Å². The van der Waals surface area contributed by atoms with Crippen LogP contribution in [0.3, 0.4) is 0 Å². The van der Waals surface area contributed by atoms with E-state index in [9.17, 15) is 14.7 Å². The van der Waals surface area contributed by atoms with Gasteiger partial charge in [-0.3, -0.25) is 4.79 Å². The minimum Gasteiger partial charge on any atom is -0.480 e. The molecule has 0 saturated heterocycles. The SMILES string of the molecule is O=C(N[C@@H](Cc1c2ccccc2cc2ccccc12)C(=O)O)c1cc(Br)cc(Br)c1. The maximum absolute atomic E-state index is 12.8. The maximum Gasteiger partial charge on any atom is 0.326 e. The van der Waals surface area contributed by atoms with Gasteiger partial charge in [-0.2, -0.15) is 0 Å². The number of amides is 1. The van der Waals surface area contributed by atoms with Crippen molar-refractivity contribution in [3.05, 3.63) is 92.9 Å². The first kappa shape index (κ1) is 20.6. The zero-order valence-corrected chi connectivity index (χ0v) is 18.9. The number of carboxylic acid groups (broad SMARTS) is 1. The number of carbonyl (C=O) groups is 2. The summed E-state index contributed by atoms with van der Waals surface area (Å²) in [7, 11) is 0. The van der Waals surface area contributed by atoms with Gasteiger partial charge in [0.2, 0.25) is 0 Å². The summed E-state index contributed by atoms with van der Waals surface area (Å²) >= 11 is 6.72. The molecule has 0 aromatic heterocycles. The monoisotopic (exact) mass is 525 g/mol. The summed E-state index contributed by atoms with van der Waals surface area (Å²) in [5.41, 5.74) is 1.29. The van der Waals surface area contributed by atoms with Gasteiger partial charge in [-0.05, 0) is 51.4 Å². The van der Waals surface area contributed by atoms with E-state index in [0.717, 1.165) is 36.1 Å². The fourth-order valence-electron chi connectivity index (χ4n) is 3.66. The van der Waals surface area contributed by atoms with Crippen LogP contribution in [0.1, 0.15) is 15.9 Å². The van der Waals surface area contributed by atoms with Gasteiger partial charge in [0.05, 0.1) is 0 Å². The molecule has 0 bridgehead atoms. The molecule has 4 aromatic carbocycles. The average molecular weight is 527 g/mol. The van der Waals surface area contributed by atoms with Crippen LogP contribution in [0.15, 0.2) is 81.7 Å². The molecule has 30 heavy (non-hydrogen) atoms. The first-order valence-electron chi connectivity index (χ1n) is 9.31. The van der Waals surface area contributed by atoms with Crippen LogP contribution in [-0.4, -0.2) is 23.0 Å². The highest BCUT2D eigenvalue weighted by Crippen LogP contribution is 2.29. The largest absolute Gasteiger partial charge is 0.480 e. The number of fused-ring (bicyclic) bond motifs is 2. The van der Waals surface area contributed by atoms with Gasteiger partial charge >= 0.3 is 5.97 Å². The molecule has 0 aliphatic heterocycles. The van der Waals surface area contributed by atoms with E-state index in [1.807, 2.05) is 54.6 Å². The van der Waals surface area contributed by atoms with Crippen LogP contribution in [0.25, 0.3) is 21.5 Å². The van der Waals surface area contributed by atoms with Crippen LogP contribution < -0.4 is 5.32 Å². The lowest BCUT2D eigenvalue weighted by Crippen LogP contribution is -2.42. The fraction of sp³-hybridized carbons (Fsp3) is 0.0833. The quantitative estimate of drug-likeness (QED) is 0.316. The Morgan fingerprint density at radius 1 is 0.833 bits per heavy atom. The van der Waals surface area contributed by atoms with Crippen molar-refractivity contribution in [2.75, 3.05) is 0 Å². The first-order valence-corrected chi connectivity index (χ1v) is 10.9. The Hall–Kier alpha value is -2.70. The highest BCUT2D eigenvalue weighted by Gasteiger charge is 2.23. The predicted molar refractivity (Wildman–Crippen MR) is 126 cm³/mol. The summed E-state index contributed by atoms with van der Waals surface area (Å²) in [6, 6.07) is 22.0. The predicted octanol–water partition coefficient (Wildman–Crippen LogP) is 5.94. The van der Waals surface area contributed by atoms with E-state index < -0.39 is 17.9 Å². The molecule has 2 N–H and O–H groups in total. The van der Waals surface area contributed by atoms with E-state index in [1.54, 1.807) is 12.1 Å². The number of rotatable bonds is 5. The molecule has 4 rings (SSSR count). The normalized spacial score (nSPS) is 12.1. The Bertz CT molecular complexity index is 1210. The molecule has 1 atom stereocenters. The highest BCUT2D eigenvalue weighted by atomic mass is 79.9. The molecule has 0 aliphatic rings. The third kappa shape index (κ3) is 4.25. The second-order valence-corrected chi connectivity index (χ2v) is 8.86. The second kappa shape index (κ2) is 8.58. The van der Waals surface area contributed by atoms with Crippen molar-refractivity contribution in [3.63, 3.8) is 0 Å². The smallest absolute Gasteiger partial charge is 0.326 e. The van der Waals surface area contributed by atoms with Gasteiger partial charge < -0.3 is 10.4 Å². The van der Waals surface area contributed by atoms with E-state index in [4.69, 9.17) is 0 Å². The van der Waals surface area contributed by atoms with Gasteiger partial charge in [0.15, 0.2) is 0 Å². The lowest BCUT2D eigenvalue weighted by atomic mass is 9.92. The van der Waals surface area contributed by atoms with Gasteiger partial charge in [-0.1, -0.05) is 80.4 Å². The molecule has 150 valence electrons. The number of aliphatic carboxylic acids is 1. The summed E-state index contributed by atoms with van der Waals surface area (Å²) < 4.78 is 1.46. The molecule has 4 nitrogen and oxygen atoms in total. The summed E-state index contributed by atoms with van der Waals surface area (Å²) in [5.74, 6) is -1.51. The van der Waals surface area contributed by atoms with Crippen molar-refractivity contribution in [2.45, 2.75) is 12.5 Å². The van der Waals surface area contributed by atoms with E-state index in [1.165, 1.54) is 0 Å². The van der Waals surface area contributed by atoms with Gasteiger partial charge in [0.1, 0.15) is 6.04 Å². The van der Waals surface area contributed by atoms with Crippen molar-refractivity contribution in [1.29, 1.82) is 0 Å². The van der Waals surface area contributed by atoms with Gasteiger partial charge in [0.25, 0.3) is 5.91 Å². The summed E-state index contributed by atoms with van der Waals surface area (Å²) in [6.07, 6.45) is 0.179.